The van der Waals surface area contributed by atoms with Crippen LogP contribution >= 0.6 is 11.3 Å². The van der Waals surface area contributed by atoms with Gasteiger partial charge in [-0.2, -0.15) is 0 Å². The number of aliphatic hydroxyl groups excluding tert-OH is 1. The first-order chi connectivity index (χ1) is 9.06. The van der Waals surface area contributed by atoms with Crippen molar-refractivity contribution in [1.29, 1.82) is 0 Å². The number of carbonyl (C=O) groups is 1. The van der Waals surface area contributed by atoms with Crippen LogP contribution in [0.1, 0.15) is 30.5 Å². The zero-order chi connectivity index (χ0) is 13.6. The number of thiazole rings is 1. The summed E-state index contributed by atoms with van der Waals surface area (Å²) in [6.45, 7) is 3.93. The molecular weight excluding hydrogens is 262 g/mol. The molecule has 3 rings (SSSR count). The lowest BCUT2D eigenvalue weighted by Gasteiger charge is -2.39. The first-order valence-corrected chi connectivity index (χ1v) is 7.44. The fourth-order valence-electron chi connectivity index (χ4n) is 3.05. The molecular formula is C14H17NO3S. The van der Waals surface area contributed by atoms with Crippen LogP contribution in [0.4, 0.5) is 0 Å². The van der Waals surface area contributed by atoms with Crippen LogP contribution in [-0.4, -0.2) is 28.1 Å². The van der Waals surface area contributed by atoms with Gasteiger partial charge in [-0.15, -0.1) is 11.3 Å². The summed E-state index contributed by atoms with van der Waals surface area (Å²) in [5.41, 5.74) is 1.51. The van der Waals surface area contributed by atoms with Crippen LogP contribution in [0.15, 0.2) is 11.6 Å². The van der Waals surface area contributed by atoms with Crippen molar-refractivity contribution in [3.63, 3.8) is 0 Å². The number of rotatable bonds is 1. The largest absolute Gasteiger partial charge is 0.496 e. The first kappa shape index (κ1) is 12.8. The number of aryl methyl sites for hydroxylation is 1. The van der Waals surface area contributed by atoms with E-state index in [4.69, 9.17) is 4.74 Å². The second-order valence-electron chi connectivity index (χ2n) is 5.49. The van der Waals surface area contributed by atoms with Crippen molar-refractivity contribution in [3.8, 4) is 0 Å². The van der Waals surface area contributed by atoms with Gasteiger partial charge in [0.1, 0.15) is 11.1 Å². The Morgan fingerprint density at radius 1 is 1.47 bits per heavy atom. The lowest BCUT2D eigenvalue weighted by atomic mass is 9.72. The fraction of sp³-hybridized carbons (Fsp3) is 0.571. The van der Waals surface area contributed by atoms with E-state index in [1.165, 1.54) is 17.6 Å². The molecule has 0 saturated heterocycles. The zero-order valence-corrected chi connectivity index (χ0v) is 11.8. The van der Waals surface area contributed by atoms with Gasteiger partial charge in [0.25, 0.3) is 0 Å². The van der Waals surface area contributed by atoms with Crippen LogP contribution in [0.25, 0.3) is 5.57 Å². The zero-order valence-electron chi connectivity index (χ0n) is 11.0. The van der Waals surface area contributed by atoms with Gasteiger partial charge in [-0.25, -0.2) is 4.98 Å². The third-order valence-corrected chi connectivity index (χ3v) is 4.93. The summed E-state index contributed by atoms with van der Waals surface area (Å²) < 4.78 is 5.69. The van der Waals surface area contributed by atoms with Crippen LogP contribution in [0, 0.1) is 18.8 Å². The van der Waals surface area contributed by atoms with E-state index in [1.54, 1.807) is 0 Å². The molecule has 4 atom stereocenters. The third kappa shape index (κ3) is 2.21. The molecule has 2 aliphatic rings. The number of aromatic nitrogens is 1. The van der Waals surface area contributed by atoms with Gasteiger partial charge in [0, 0.05) is 17.5 Å². The van der Waals surface area contributed by atoms with Gasteiger partial charge in [0.05, 0.1) is 23.9 Å². The van der Waals surface area contributed by atoms with Crippen molar-refractivity contribution < 1.29 is 14.6 Å². The Kier molecular flexibility index (Phi) is 3.19. The van der Waals surface area contributed by atoms with E-state index in [-0.39, 0.29) is 29.8 Å². The summed E-state index contributed by atoms with van der Waals surface area (Å²) in [7, 11) is 0. The van der Waals surface area contributed by atoms with Crippen molar-refractivity contribution >= 4 is 22.7 Å². The number of aliphatic hydroxyl groups is 1. The second-order valence-corrected chi connectivity index (χ2v) is 6.35. The van der Waals surface area contributed by atoms with Crippen LogP contribution < -0.4 is 0 Å². The standard InChI is InChI=1S/C14H17NO3S/c1-7-3-9(16)4-11-12(7)13(17)10(5-18-11)14-15-8(2)6-19-14/h5-7,9,11-12,16H,3-4H2,1-2H3. The van der Waals surface area contributed by atoms with Gasteiger partial charge in [-0.3, -0.25) is 4.79 Å². The Labute approximate surface area is 116 Å². The number of nitrogens with zero attached hydrogens (tertiary/aromatic N) is 1. The SMILES string of the molecule is Cc1csc(C2=COC3CC(O)CC(C)C3C2=O)n1. The van der Waals surface area contributed by atoms with Crippen LogP contribution in [0.2, 0.25) is 0 Å². The van der Waals surface area contributed by atoms with Gasteiger partial charge in [0.2, 0.25) is 0 Å². The van der Waals surface area contributed by atoms with E-state index >= 15 is 0 Å². The maximum Gasteiger partial charge on any atom is 0.176 e. The fourth-order valence-corrected chi connectivity index (χ4v) is 3.85. The molecule has 1 aromatic rings. The molecule has 1 aliphatic carbocycles. The normalized spacial score (nSPS) is 34.5. The molecule has 102 valence electrons. The molecule has 0 aromatic carbocycles. The highest BCUT2D eigenvalue weighted by Gasteiger charge is 2.44. The van der Waals surface area contributed by atoms with Crippen molar-refractivity contribution in [1.82, 2.24) is 4.98 Å². The van der Waals surface area contributed by atoms with Crippen molar-refractivity contribution in [2.24, 2.45) is 11.8 Å². The van der Waals surface area contributed by atoms with Crippen LogP contribution in [0.3, 0.4) is 0 Å². The first-order valence-electron chi connectivity index (χ1n) is 6.56. The molecule has 1 fully saturated rings. The Balaban J connectivity index is 1.92. The average molecular weight is 279 g/mol. The maximum atomic E-state index is 12.6. The summed E-state index contributed by atoms with van der Waals surface area (Å²) in [5.74, 6) is 0.114. The summed E-state index contributed by atoms with van der Waals surface area (Å²) in [4.78, 5) is 17.0. The highest BCUT2D eigenvalue weighted by Crippen LogP contribution is 2.39. The quantitative estimate of drug-likeness (QED) is 0.856. The average Bonchev–Trinajstić information content (AvgIpc) is 2.75. The van der Waals surface area contributed by atoms with E-state index in [9.17, 15) is 9.90 Å². The highest BCUT2D eigenvalue weighted by atomic mass is 32.1. The minimum Gasteiger partial charge on any atom is -0.496 e. The molecule has 4 nitrogen and oxygen atoms in total. The maximum absolute atomic E-state index is 12.6. The van der Waals surface area contributed by atoms with E-state index in [0.29, 0.717) is 18.4 Å². The smallest absolute Gasteiger partial charge is 0.176 e. The number of allylic oxidation sites excluding steroid dienone is 1. The van der Waals surface area contributed by atoms with Gasteiger partial charge >= 0.3 is 0 Å². The van der Waals surface area contributed by atoms with Crippen molar-refractivity contribution in [2.45, 2.75) is 38.9 Å². The number of fused-ring (bicyclic) bond motifs is 1. The number of hydrogen-bond donors (Lipinski definition) is 1. The summed E-state index contributed by atoms with van der Waals surface area (Å²) >= 11 is 1.47. The predicted octanol–water partition coefficient (Wildman–Crippen LogP) is 2.17. The topological polar surface area (TPSA) is 59.4 Å². The van der Waals surface area contributed by atoms with Crippen LogP contribution in [0.5, 0.6) is 0 Å². The minimum atomic E-state index is -0.360. The van der Waals surface area contributed by atoms with E-state index in [0.717, 1.165) is 10.7 Å². The molecule has 1 aromatic heterocycles. The monoisotopic (exact) mass is 279 g/mol. The molecule has 0 bridgehead atoms. The Bertz CT molecular complexity index is 537. The molecule has 4 unspecified atom stereocenters. The summed E-state index contributed by atoms with van der Waals surface area (Å²) in [5, 5.41) is 12.4. The van der Waals surface area contributed by atoms with Gasteiger partial charge < -0.3 is 9.84 Å². The Morgan fingerprint density at radius 3 is 2.95 bits per heavy atom. The predicted molar refractivity (Wildman–Crippen MR) is 72.6 cm³/mol. The third-order valence-electron chi connectivity index (χ3n) is 3.94. The molecule has 2 heterocycles. The molecule has 1 aliphatic heterocycles. The Morgan fingerprint density at radius 2 is 2.26 bits per heavy atom. The summed E-state index contributed by atoms with van der Waals surface area (Å²) in [6, 6.07) is 0. The molecule has 5 heteroatoms. The molecule has 0 spiro atoms. The van der Waals surface area contributed by atoms with Crippen molar-refractivity contribution in [3.05, 3.63) is 22.3 Å². The summed E-state index contributed by atoms with van der Waals surface area (Å²) in [6.07, 6.45) is 2.20. The minimum absolute atomic E-state index is 0.116. The lowest BCUT2D eigenvalue weighted by Crippen LogP contribution is -2.45. The molecule has 1 saturated carbocycles. The number of ether oxygens (including phenoxy) is 1. The number of hydrogen-bond acceptors (Lipinski definition) is 5. The molecule has 0 amide bonds. The molecule has 19 heavy (non-hydrogen) atoms. The molecule has 1 N–H and O–H groups in total. The van der Waals surface area contributed by atoms with E-state index < -0.39 is 0 Å². The second kappa shape index (κ2) is 4.72. The number of ketones is 1. The van der Waals surface area contributed by atoms with Crippen molar-refractivity contribution in [2.75, 3.05) is 0 Å². The highest BCUT2D eigenvalue weighted by molar-refractivity contribution is 7.11. The lowest BCUT2D eigenvalue weighted by molar-refractivity contribution is -0.130. The van der Waals surface area contributed by atoms with E-state index in [2.05, 4.69) is 4.98 Å². The number of Topliss-reactive ketones (excluding diaryl/α,β-unsaturated/α-hetero) is 1. The number of carbonyl (C=O) groups excluding carboxylic acids is 1. The molecule has 0 radical (unpaired) electrons. The van der Waals surface area contributed by atoms with Gasteiger partial charge in [-0.05, 0) is 19.3 Å². The van der Waals surface area contributed by atoms with Gasteiger partial charge in [0.15, 0.2) is 5.78 Å². The van der Waals surface area contributed by atoms with E-state index in [1.807, 2.05) is 19.2 Å². The van der Waals surface area contributed by atoms with Crippen LogP contribution in [-0.2, 0) is 9.53 Å². The Hall–Kier alpha value is -1.20. The van der Waals surface area contributed by atoms with Gasteiger partial charge in [-0.1, -0.05) is 6.92 Å².